The Morgan fingerprint density at radius 1 is 1.03 bits per heavy atom. The molecular weight excluding hydrogens is 368 g/mol. The third kappa shape index (κ3) is 9.09. The topological polar surface area (TPSA) is 136 Å². The van der Waals surface area contributed by atoms with Crippen LogP contribution in [0.25, 0.3) is 11.6 Å². The molecule has 1 heterocycles. The summed E-state index contributed by atoms with van der Waals surface area (Å²) in [7, 11) is 0. The van der Waals surface area contributed by atoms with Gasteiger partial charge in [-0.25, -0.2) is 5.84 Å². The van der Waals surface area contributed by atoms with Crippen molar-refractivity contribution in [1.29, 1.82) is 0 Å². The first-order valence-electron chi connectivity index (χ1n) is 8.35. The van der Waals surface area contributed by atoms with Gasteiger partial charge in [-0.3, -0.25) is 25.1 Å². The van der Waals surface area contributed by atoms with Gasteiger partial charge in [0.2, 0.25) is 0 Å². The summed E-state index contributed by atoms with van der Waals surface area (Å²) < 4.78 is 0. The van der Waals surface area contributed by atoms with Crippen molar-refractivity contribution in [3.63, 3.8) is 0 Å². The van der Waals surface area contributed by atoms with Gasteiger partial charge in [0.1, 0.15) is 0 Å². The summed E-state index contributed by atoms with van der Waals surface area (Å²) in [4.78, 5) is 32.2. The first kappa shape index (κ1) is 25.2. The number of hydrogen-bond donors (Lipinski definition) is 4. The Bertz CT molecular complexity index is 875. The first-order chi connectivity index (χ1) is 13.4. The first-order valence-corrected chi connectivity index (χ1v) is 8.35. The molecule has 0 unspecified atom stereocenters. The molecule has 152 valence electrons. The van der Waals surface area contributed by atoms with E-state index in [1.807, 2.05) is 60.0 Å². The van der Waals surface area contributed by atoms with Gasteiger partial charge in [-0.15, -0.1) is 0 Å². The molecule has 0 bridgehead atoms. The van der Waals surface area contributed by atoms with E-state index in [1.54, 1.807) is 19.1 Å². The highest BCUT2D eigenvalue weighted by atomic mass is 16.2. The second kappa shape index (κ2) is 13.4. The lowest BCUT2D eigenvalue weighted by atomic mass is 10.1. The Balaban J connectivity index is 0.000000428. The molecule has 1 aliphatic heterocycles. The molecule has 0 spiro atoms. The average Bonchev–Trinajstić information content (AvgIpc) is 3.07. The fourth-order valence-corrected chi connectivity index (χ4v) is 1.96. The van der Waals surface area contributed by atoms with Crippen molar-refractivity contribution >= 4 is 29.4 Å². The van der Waals surface area contributed by atoms with Crippen LogP contribution in [-0.2, 0) is 14.4 Å². The van der Waals surface area contributed by atoms with Gasteiger partial charge >= 0.3 is 0 Å². The maximum atomic E-state index is 11.2. The summed E-state index contributed by atoms with van der Waals surface area (Å²) in [5, 5.41) is 2.19. The van der Waals surface area contributed by atoms with Crippen molar-refractivity contribution in [2.45, 2.75) is 6.92 Å². The summed E-state index contributed by atoms with van der Waals surface area (Å²) in [6.45, 7) is 8.55. The Morgan fingerprint density at radius 3 is 1.86 bits per heavy atom. The molecule has 29 heavy (non-hydrogen) atoms. The van der Waals surface area contributed by atoms with E-state index in [9.17, 15) is 14.4 Å². The standard InChI is InChI=1S/C10H7NO2.C8H8.C4H8N2O.H3N/c12-9-6-8(10(13)11-9)7-4-2-1-3-5-7;1-2-8-6-4-3-5-7-8;1-3(2)4(7)6-5;/h1-6H,(H,11,12,13);2-7H,1H2;1,5H2,2H3,(H,6,7);1H3. The van der Waals surface area contributed by atoms with Gasteiger partial charge in [0.25, 0.3) is 17.7 Å². The third-order valence-corrected chi connectivity index (χ3v) is 3.40. The molecule has 3 amide bonds. The summed E-state index contributed by atoms with van der Waals surface area (Å²) in [6.07, 6.45) is 3.15. The molecule has 0 atom stereocenters. The summed E-state index contributed by atoms with van der Waals surface area (Å²) in [6, 6.07) is 19.1. The predicted molar refractivity (Wildman–Crippen MR) is 116 cm³/mol. The maximum Gasteiger partial charge on any atom is 0.260 e. The molecule has 0 radical (unpaired) electrons. The van der Waals surface area contributed by atoms with Crippen LogP contribution in [0.15, 0.2) is 85.5 Å². The number of hydrazine groups is 1. The average molecular weight is 394 g/mol. The largest absolute Gasteiger partial charge is 0.344 e. The number of nitrogens with two attached hydrogens (primary N) is 1. The van der Waals surface area contributed by atoms with Crippen LogP contribution in [-0.4, -0.2) is 17.7 Å². The van der Waals surface area contributed by atoms with Crippen LogP contribution < -0.4 is 22.7 Å². The number of amides is 3. The molecule has 0 aliphatic carbocycles. The lowest BCUT2D eigenvalue weighted by molar-refractivity contribution is -0.123. The lowest BCUT2D eigenvalue weighted by Gasteiger charge is -1.97. The minimum atomic E-state index is -0.344. The van der Waals surface area contributed by atoms with E-state index in [2.05, 4.69) is 18.5 Å². The Hall–Kier alpha value is -3.81. The van der Waals surface area contributed by atoms with E-state index in [1.165, 1.54) is 11.6 Å². The molecule has 7 nitrogen and oxygen atoms in total. The number of nitrogens with one attached hydrogen (secondary N) is 2. The van der Waals surface area contributed by atoms with Crippen LogP contribution in [0.3, 0.4) is 0 Å². The van der Waals surface area contributed by atoms with Crippen LogP contribution in [0.5, 0.6) is 0 Å². The van der Waals surface area contributed by atoms with Gasteiger partial charge in [-0.05, 0) is 18.1 Å². The van der Waals surface area contributed by atoms with Crippen molar-refractivity contribution in [3.8, 4) is 0 Å². The lowest BCUT2D eigenvalue weighted by Crippen LogP contribution is -2.30. The van der Waals surface area contributed by atoms with Gasteiger partial charge in [0, 0.05) is 11.6 Å². The number of carbonyl (C=O) groups is 3. The molecule has 0 fully saturated rings. The third-order valence-electron chi connectivity index (χ3n) is 3.40. The fraction of sp³-hybridized carbons (Fsp3) is 0.0455. The fourth-order valence-electron chi connectivity index (χ4n) is 1.96. The van der Waals surface area contributed by atoms with Crippen molar-refractivity contribution in [3.05, 3.63) is 96.6 Å². The number of hydrogen-bond acceptors (Lipinski definition) is 5. The molecule has 0 saturated carbocycles. The molecule has 0 saturated heterocycles. The van der Waals surface area contributed by atoms with Crippen molar-refractivity contribution in [2.24, 2.45) is 5.84 Å². The van der Waals surface area contributed by atoms with Crippen LogP contribution >= 0.6 is 0 Å². The van der Waals surface area contributed by atoms with Crippen LogP contribution in [0.4, 0.5) is 0 Å². The van der Waals surface area contributed by atoms with Crippen molar-refractivity contribution in [1.82, 2.24) is 16.9 Å². The molecule has 7 N–H and O–H groups in total. The normalized spacial score (nSPS) is 11.2. The highest BCUT2D eigenvalue weighted by molar-refractivity contribution is 6.33. The summed E-state index contributed by atoms with van der Waals surface area (Å²) in [5.74, 6) is 3.73. The molecule has 2 aromatic carbocycles. The van der Waals surface area contributed by atoms with Gasteiger partial charge in [-0.2, -0.15) is 0 Å². The number of benzene rings is 2. The zero-order valence-corrected chi connectivity index (χ0v) is 16.4. The molecule has 2 aromatic rings. The minimum absolute atomic E-state index is 0. The number of imide groups is 1. The predicted octanol–water partition coefficient (Wildman–Crippen LogP) is 2.77. The van der Waals surface area contributed by atoms with Crippen molar-refractivity contribution in [2.75, 3.05) is 0 Å². The van der Waals surface area contributed by atoms with Crippen molar-refractivity contribution < 1.29 is 14.4 Å². The number of rotatable bonds is 3. The van der Waals surface area contributed by atoms with Gasteiger partial charge < -0.3 is 6.15 Å². The van der Waals surface area contributed by atoms with E-state index in [4.69, 9.17) is 5.84 Å². The van der Waals surface area contributed by atoms with Gasteiger partial charge in [0.05, 0.1) is 5.57 Å². The molecule has 1 aliphatic rings. The minimum Gasteiger partial charge on any atom is -0.344 e. The Morgan fingerprint density at radius 2 is 1.55 bits per heavy atom. The zero-order chi connectivity index (χ0) is 20.9. The monoisotopic (exact) mass is 394 g/mol. The molecule has 3 rings (SSSR count). The van der Waals surface area contributed by atoms with E-state index < -0.39 is 0 Å². The quantitative estimate of drug-likeness (QED) is 0.209. The molecule has 7 heteroatoms. The SMILES string of the molecule is C=C(C)C(=O)NN.C=Cc1ccccc1.N.O=C1C=C(c2ccccc2)C(=O)N1. The van der Waals surface area contributed by atoms with Gasteiger partial charge in [0.15, 0.2) is 0 Å². The Labute approximate surface area is 170 Å². The number of carbonyl (C=O) groups excluding carboxylic acids is 3. The van der Waals surface area contributed by atoms with E-state index in [0.717, 1.165) is 5.56 Å². The molecular formula is C22H26N4O3. The van der Waals surface area contributed by atoms with Gasteiger partial charge in [-0.1, -0.05) is 79.9 Å². The van der Waals surface area contributed by atoms with Crippen LogP contribution in [0.1, 0.15) is 18.1 Å². The summed E-state index contributed by atoms with van der Waals surface area (Å²) >= 11 is 0. The highest BCUT2D eigenvalue weighted by Crippen LogP contribution is 2.16. The van der Waals surface area contributed by atoms with E-state index in [0.29, 0.717) is 11.1 Å². The van der Waals surface area contributed by atoms with Crippen LogP contribution in [0.2, 0.25) is 0 Å². The van der Waals surface area contributed by atoms with E-state index in [-0.39, 0.29) is 23.9 Å². The highest BCUT2D eigenvalue weighted by Gasteiger charge is 2.21. The maximum absolute atomic E-state index is 11.2. The van der Waals surface area contributed by atoms with E-state index >= 15 is 0 Å². The Kier molecular flexibility index (Phi) is 11.6. The zero-order valence-electron chi connectivity index (χ0n) is 16.4. The summed E-state index contributed by atoms with van der Waals surface area (Å²) in [5.41, 5.74) is 4.72. The smallest absolute Gasteiger partial charge is 0.260 e. The second-order valence-electron chi connectivity index (χ2n) is 5.61. The molecule has 0 aromatic heterocycles. The van der Waals surface area contributed by atoms with Crippen LogP contribution in [0, 0.1) is 0 Å². The second-order valence-corrected chi connectivity index (χ2v) is 5.61.